The van der Waals surface area contributed by atoms with Gasteiger partial charge in [-0.05, 0) is 61.0 Å². The standard InChI is InChI=1S/C32H35FN4O3S/c1-40-26-16-14-25(15-17-26)34-30(39)32(18-8-3-9-19-32)37(20-24-12-6-7-13-27(24)33)29(38)22-36-21-28(35-31(36)41)23-10-4-2-5-11-23/h2,4-7,10-17,28H,3,8-9,18-22H2,1H3,(H,34,39)(H,35,41)/t28-/m1/s1. The number of ether oxygens (including phenoxy) is 1. The quantitative estimate of drug-likeness (QED) is 0.332. The lowest BCUT2D eigenvalue weighted by Crippen LogP contribution is -2.61. The third-order valence-corrected chi connectivity index (χ3v) is 8.45. The number of halogens is 1. The normalized spacial score (nSPS) is 18.0. The smallest absolute Gasteiger partial charge is 0.250 e. The average molecular weight is 575 g/mol. The molecule has 1 saturated carbocycles. The largest absolute Gasteiger partial charge is 0.497 e. The van der Waals surface area contributed by atoms with Gasteiger partial charge in [-0.2, -0.15) is 0 Å². The van der Waals surface area contributed by atoms with Crippen LogP contribution in [0.15, 0.2) is 78.9 Å². The summed E-state index contributed by atoms with van der Waals surface area (Å²) >= 11 is 5.61. The predicted octanol–water partition coefficient (Wildman–Crippen LogP) is 5.44. The zero-order valence-corrected chi connectivity index (χ0v) is 24.0. The van der Waals surface area contributed by atoms with E-state index in [1.54, 1.807) is 54.5 Å². The van der Waals surface area contributed by atoms with Crippen molar-refractivity contribution in [2.24, 2.45) is 0 Å². The second kappa shape index (κ2) is 12.7. The molecule has 1 heterocycles. The number of methoxy groups -OCH3 is 1. The number of nitrogens with zero attached hydrogens (tertiary/aromatic N) is 2. The molecule has 1 atom stereocenters. The first-order chi connectivity index (χ1) is 19.9. The van der Waals surface area contributed by atoms with Gasteiger partial charge >= 0.3 is 0 Å². The molecule has 5 rings (SSSR count). The van der Waals surface area contributed by atoms with Crippen LogP contribution in [0.3, 0.4) is 0 Å². The molecule has 41 heavy (non-hydrogen) atoms. The number of amides is 2. The molecular formula is C32H35FN4O3S. The highest BCUT2D eigenvalue weighted by atomic mass is 32.1. The number of nitrogens with one attached hydrogen (secondary N) is 2. The van der Waals surface area contributed by atoms with E-state index < -0.39 is 11.4 Å². The number of benzene rings is 3. The molecule has 0 radical (unpaired) electrons. The Morgan fingerprint density at radius 3 is 2.39 bits per heavy atom. The minimum Gasteiger partial charge on any atom is -0.497 e. The summed E-state index contributed by atoms with van der Waals surface area (Å²) in [6.07, 6.45) is 3.53. The summed E-state index contributed by atoms with van der Waals surface area (Å²) in [4.78, 5) is 31.8. The maximum atomic E-state index is 14.9. The molecule has 2 N–H and O–H groups in total. The van der Waals surface area contributed by atoms with Crippen molar-refractivity contribution in [3.05, 3.63) is 95.8 Å². The number of thiocarbonyl (C=S) groups is 1. The maximum absolute atomic E-state index is 14.9. The van der Waals surface area contributed by atoms with Gasteiger partial charge in [-0.15, -0.1) is 0 Å². The predicted molar refractivity (Wildman–Crippen MR) is 161 cm³/mol. The lowest BCUT2D eigenvalue weighted by molar-refractivity contribution is -0.149. The zero-order chi connectivity index (χ0) is 28.8. The molecule has 3 aromatic carbocycles. The molecule has 0 spiro atoms. The van der Waals surface area contributed by atoms with E-state index in [1.807, 2.05) is 35.2 Å². The van der Waals surface area contributed by atoms with Crippen molar-refractivity contribution in [2.75, 3.05) is 25.5 Å². The minimum atomic E-state index is -1.13. The third-order valence-electron chi connectivity index (χ3n) is 8.07. The molecular weight excluding hydrogens is 539 g/mol. The summed E-state index contributed by atoms with van der Waals surface area (Å²) in [7, 11) is 1.58. The van der Waals surface area contributed by atoms with E-state index in [4.69, 9.17) is 17.0 Å². The SMILES string of the molecule is COc1ccc(NC(=O)C2(N(Cc3ccccc3F)C(=O)CN3C[C@H](c4ccccc4)NC3=S)CCCCC2)cc1. The topological polar surface area (TPSA) is 73.9 Å². The molecule has 0 aromatic heterocycles. The number of hydrogen-bond donors (Lipinski definition) is 2. The van der Waals surface area contributed by atoms with Crippen LogP contribution in [0.2, 0.25) is 0 Å². The maximum Gasteiger partial charge on any atom is 0.250 e. The van der Waals surface area contributed by atoms with Crippen molar-refractivity contribution in [2.45, 2.75) is 50.2 Å². The molecule has 1 aliphatic heterocycles. The van der Waals surface area contributed by atoms with Gasteiger partial charge in [-0.3, -0.25) is 9.59 Å². The van der Waals surface area contributed by atoms with Gasteiger partial charge in [0.2, 0.25) is 11.8 Å². The molecule has 2 amide bonds. The molecule has 9 heteroatoms. The Kier molecular flexibility index (Phi) is 8.83. The van der Waals surface area contributed by atoms with E-state index in [1.165, 1.54) is 6.07 Å². The molecule has 7 nitrogen and oxygen atoms in total. The summed E-state index contributed by atoms with van der Waals surface area (Å²) in [5, 5.41) is 6.84. The number of anilines is 1. The summed E-state index contributed by atoms with van der Waals surface area (Å²) in [6.45, 7) is 0.492. The molecule has 1 saturated heterocycles. The first-order valence-corrected chi connectivity index (χ1v) is 14.4. The van der Waals surface area contributed by atoms with Gasteiger partial charge in [0.25, 0.3) is 0 Å². The highest BCUT2D eigenvalue weighted by molar-refractivity contribution is 7.80. The van der Waals surface area contributed by atoms with Crippen LogP contribution >= 0.6 is 12.2 Å². The molecule has 3 aromatic rings. The first-order valence-electron chi connectivity index (χ1n) is 14.0. The highest BCUT2D eigenvalue weighted by Gasteiger charge is 2.47. The van der Waals surface area contributed by atoms with Gasteiger partial charge in [-0.25, -0.2) is 4.39 Å². The van der Waals surface area contributed by atoms with Gasteiger partial charge in [0.05, 0.1) is 19.7 Å². The Morgan fingerprint density at radius 1 is 1.02 bits per heavy atom. The van der Waals surface area contributed by atoms with E-state index in [0.29, 0.717) is 41.5 Å². The molecule has 2 aliphatic rings. The van der Waals surface area contributed by atoms with E-state index in [0.717, 1.165) is 24.8 Å². The second-order valence-corrected chi connectivity index (χ2v) is 11.0. The summed E-state index contributed by atoms with van der Waals surface area (Å²) < 4.78 is 20.2. The van der Waals surface area contributed by atoms with Gasteiger partial charge in [0.1, 0.15) is 17.1 Å². The second-order valence-electron chi connectivity index (χ2n) is 10.6. The Labute approximate surface area is 245 Å². The zero-order valence-electron chi connectivity index (χ0n) is 23.1. The van der Waals surface area contributed by atoms with Crippen molar-refractivity contribution in [3.63, 3.8) is 0 Å². The average Bonchev–Trinajstić information content (AvgIpc) is 3.37. The Balaban J connectivity index is 1.44. The van der Waals surface area contributed by atoms with E-state index in [9.17, 15) is 14.0 Å². The van der Waals surface area contributed by atoms with E-state index >= 15 is 0 Å². The van der Waals surface area contributed by atoms with Gasteiger partial charge in [0, 0.05) is 24.3 Å². The van der Waals surface area contributed by atoms with E-state index in [2.05, 4.69) is 10.6 Å². The minimum absolute atomic E-state index is 0.0127. The fourth-order valence-corrected chi connectivity index (χ4v) is 6.08. The Hall–Kier alpha value is -3.98. The number of hydrogen-bond acceptors (Lipinski definition) is 4. The Morgan fingerprint density at radius 2 is 1.71 bits per heavy atom. The van der Waals surface area contributed by atoms with Gasteiger partial charge in [-0.1, -0.05) is 67.8 Å². The van der Waals surface area contributed by atoms with Crippen molar-refractivity contribution >= 4 is 34.8 Å². The van der Waals surface area contributed by atoms with Crippen LogP contribution in [0.25, 0.3) is 0 Å². The lowest BCUT2D eigenvalue weighted by Gasteiger charge is -2.45. The van der Waals surface area contributed by atoms with Crippen LogP contribution in [0.1, 0.15) is 49.3 Å². The highest BCUT2D eigenvalue weighted by Crippen LogP contribution is 2.37. The Bertz CT molecular complexity index is 1380. The third kappa shape index (κ3) is 6.35. The van der Waals surface area contributed by atoms with Crippen LogP contribution < -0.4 is 15.4 Å². The van der Waals surface area contributed by atoms with Crippen molar-refractivity contribution in [1.82, 2.24) is 15.1 Å². The number of carbonyl (C=O) groups excluding carboxylic acids is 2. The van der Waals surface area contributed by atoms with Crippen LogP contribution in [-0.2, 0) is 16.1 Å². The number of rotatable bonds is 9. The fraction of sp³-hybridized carbons (Fsp3) is 0.344. The molecule has 0 bridgehead atoms. The molecule has 0 unspecified atom stereocenters. The van der Waals surface area contributed by atoms with Crippen LogP contribution in [0, 0.1) is 5.82 Å². The summed E-state index contributed by atoms with van der Waals surface area (Å²) in [5.74, 6) is -0.265. The van der Waals surface area contributed by atoms with Crippen LogP contribution in [0.4, 0.5) is 10.1 Å². The summed E-state index contributed by atoms with van der Waals surface area (Å²) in [6, 6.07) is 23.4. The van der Waals surface area contributed by atoms with Crippen molar-refractivity contribution in [3.8, 4) is 5.75 Å². The first kappa shape index (κ1) is 28.5. The van der Waals surface area contributed by atoms with E-state index in [-0.39, 0.29) is 30.9 Å². The lowest BCUT2D eigenvalue weighted by atomic mass is 9.78. The van der Waals surface area contributed by atoms with Gasteiger partial charge in [0.15, 0.2) is 5.11 Å². The molecule has 2 fully saturated rings. The molecule has 214 valence electrons. The number of carbonyl (C=O) groups is 2. The van der Waals surface area contributed by atoms with Gasteiger partial charge < -0.3 is 25.2 Å². The monoisotopic (exact) mass is 574 g/mol. The fourth-order valence-electron chi connectivity index (χ4n) is 5.80. The van der Waals surface area contributed by atoms with Crippen molar-refractivity contribution < 1.29 is 18.7 Å². The van der Waals surface area contributed by atoms with Crippen LogP contribution in [-0.4, -0.2) is 52.5 Å². The van der Waals surface area contributed by atoms with Crippen molar-refractivity contribution in [1.29, 1.82) is 0 Å². The van der Waals surface area contributed by atoms with Crippen LogP contribution in [0.5, 0.6) is 5.75 Å². The molecule has 1 aliphatic carbocycles. The summed E-state index contributed by atoms with van der Waals surface area (Å²) in [5.41, 5.74) is 0.920.